The molecule has 2 saturated heterocycles. The van der Waals surface area contributed by atoms with E-state index in [1.807, 2.05) is 0 Å². The standard InChI is InChI=1S/C15H22FN2/c1-18(13-3-2-4-14(18)7-6-13)10-11-9-12(16)5-8-15(11)17/h5,8-9,13-14H,2-4,6-7,10,17H2,1H3/q+1. The molecule has 0 aromatic heterocycles. The molecule has 0 saturated carbocycles. The largest absolute Gasteiger partial charge is 0.398 e. The van der Waals surface area contributed by atoms with Crippen molar-refractivity contribution in [2.75, 3.05) is 12.8 Å². The van der Waals surface area contributed by atoms with Crippen LogP contribution in [0.1, 0.15) is 37.7 Å². The van der Waals surface area contributed by atoms with Crippen molar-refractivity contribution in [3.8, 4) is 0 Å². The van der Waals surface area contributed by atoms with E-state index >= 15 is 0 Å². The van der Waals surface area contributed by atoms with Crippen molar-refractivity contribution < 1.29 is 8.87 Å². The Morgan fingerprint density at radius 1 is 1.22 bits per heavy atom. The minimum Gasteiger partial charge on any atom is -0.398 e. The lowest BCUT2D eigenvalue weighted by Gasteiger charge is -2.45. The Hall–Kier alpha value is -1.09. The average molecular weight is 249 g/mol. The maximum atomic E-state index is 13.4. The number of anilines is 1. The number of nitrogens with two attached hydrogens (primary N) is 1. The van der Waals surface area contributed by atoms with Crippen LogP contribution in [-0.4, -0.2) is 23.6 Å². The summed E-state index contributed by atoms with van der Waals surface area (Å²) < 4.78 is 14.5. The number of hydrogen-bond acceptors (Lipinski definition) is 1. The summed E-state index contributed by atoms with van der Waals surface area (Å²) in [5, 5.41) is 0. The van der Waals surface area contributed by atoms with Crippen molar-refractivity contribution in [1.82, 2.24) is 0 Å². The second-order valence-electron chi connectivity index (χ2n) is 6.16. The highest BCUT2D eigenvalue weighted by atomic mass is 19.1. The van der Waals surface area contributed by atoms with Crippen molar-refractivity contribution in [2.24, 2.45) is 0 Å². The number of quaternary nitrogens is 1. The molecule has 1 aromatic carbocycles. The highest BCUT2D eigenvalue weighted by Gasteiger charge is 2.48. The van der Waals surface area contributed by atoms with Crippen LogP contribution in [0.2, 0.25) is 0 Å². The molecule has 2 unspecified atom stereocenters. The second-order valence-corrected chi connectivity index (χ2v) is 6.16. The van der Waals surface area contributed by atoms with Gasteiger partial charge in [-0.05, 0) is 37.5 Å². The van der Waals surface area contributed by atoms with Crippen LogP contribution in [0, 0.1) is 5.82 Å². The maximum absolute atomic E-state index is 13.4. The average Bonchev–Trinajstić information content (AvgIpc) is 2.56. The Morgan fingerprint density at radius 3 is 2.56 bits per heavy atom. The molecule has 0 spiro atoms. The Bertz CT molecular complexity index is 442. The molecule has 2 fully saturated rings. The minimum atomic E-state index is -0.171. The van der Waals surface area contributed by atoms with Gasteiger partial charge in [0.15, 0.2) is 0 Å². The zero-order valence-electron chi connectivity index (χ0n) is 11.0. The van der Waals surface area contributed by atoms with E-state index in [2.05, 4.69) is 7.05 Å². The highest BCUT2D eigenvalue weighted by molar-refractivity contribution is 5.46. The van der Waals surface area contributed by atoms with Gasteiger partial charge in [-0.2, -0.15) is 0 Å². The van der Waals surface area contributed by atoms with Gasteiger partial charge in [0, 0.05) is 24.1 Å². The zero-order valence-corrected chi connectivity index (χ0v) is 11.0. The summed E-state index contributed by atoms with van der Waals surface area (Å²) in [7, 11) is 2.34. The van der Waals surface area contributed by atoms with Crippen LogP contribution in [0.5, 0.6) is 0 Å². The van der Waals surface area contributed by atoms with Gasteiger partial charge in [0.25, 0.3) is 0 Å². The molecule has 0 amide bonds. The highest BCUT2D eigenvalue weighted by Crippen LogP contribution is 2.42. The fourth-order valence-electron chi connectivity index (χ4n) is 4.08. The molecule has 3 heteroatoms. The molecule has 0 radical (unpaired) electrons. The van der Waals surface area contributed by atoms with E-state index in [9.17, 15) is 4.39 Å². The Labute approximate surface area is 108 Å². The number of nitrogens with zero attached hydrogens (tertiary/aromatic N) is 1. The van der Waals surface area contributed by atoms with E-state index in [0.29, 0.717) is 0 Å². The molecular weight excluding hydrogens is 227 g/mol. The van der Waals surface area contributed by atoms with Crippen LogP contribution >= 0.6 is 0 Å². The van der Waals surface area contributed by atoms with Crippen LogP contribution in [0.4, 0.5) is 10.1 Å². The lowest BCUT2D eigenvalue weighted by molar-refractivity contribution is -0.960. The van der Waals surface area contributed by atoms with E-state index in [-0.39, 0.29) is 5.82 Å². The molecule has 3 rings (SSSR count). The molecule has 0 aliphatic carbocycles. The van der Waals surface area contributed by atoms with Gasteiger partial charge in [0.05, 0.1) is 19.1 Å². The molecule has 2 atom stereocenters. The van der Waals surface area contributed by atoms with Crippen molar-refractivity contribution >= 4 is 5.69 Å². The summed E-state index contributed by atoms with van der Waals surface area (Å²) in [5.74, 6) is -0.171. The van der Waals surface area contributed by atoms with E-state index in [0.717, 1.165) is 34.4 Å². The predicted octanol–water partition coefficient (Wildman–Crippen LogP) is 3.07. The van der Waals surface area contributed by atoms with Crippen LogP contribution in [0.25, 0.3) is 0 Å². The quantitative estimate of drug-likeness (QED) is 0.632. The monoisotopic (exact) mass is 249 g/mol. The van der Waals surface area contributed by atoms with E-state index in [1.54, 1.807) is 12.1 Å². The zero-order chi connectivity index (χ0) is 12.8. The van der Waals surface area contributed by atoms with Crippen LogP contribution in [0.15, 0.2) is 18.2 Å². The summed E-state index contributed by atoms with van der Waals surface area (Å²) in [5.41, 5.74) is 7.72. The number of halogens is 1. The molecule has 2 aliphatic heterocycles. The summed E-state index contributed by atoms with van der Waals surface area (Å²) in [4.78, 5) is 0. The summed E-state index contributed by atoms with van der Waals surface area (Å²) in [6.07, 6.45) is 6.67. The Kier molecular flexibility index (Phi) is 2.81. The molecule has 2 heterocycles. The first-order chi connectivity index (χ1) is 8.59. The summed E-state index contributed by atoms with van der Waals surface area (Å²) >= 11 is 0. The number of piperidine rings is 1. The fraction of sp³-hybridized carbons (Fsp3) is 0.600. The second kappa shape index (κ2) is 4.23. The van der Waals surface area contributed by atoms with Crippen LogP contribution in [0.3, 0.4) is 0 Å². The van der Waals surface area contributed by atoms with Gasteiger partial charge in [-0.15, -0.1) is 0 Å². The summed E-state index contributed by atoms with van der Waals surface area (Å²) in [6.45, 7) is 0.888. The smallest absolute Gasteiger partial charge is 0.123 e. The third-order valence-electron chi connectivity index (χ3n) is 5.19. The lowest BCUT2D eigenvalue weighted by Crippen LogP contribution is -2.55. The van der Waals surface area contributed by atoms with Crippen molar-refractivity contribution in [3.63, 3.8) is 0 Å². The first kappa shape index (κ1) is 12.0. The topological polar surface area (TPSA) is 26.0 Å². The van der Waals surface area contributed by atoms with Gasteiger partial charge in [-0.3, -0.25) is 0 Å². The van der Waals surface area contributed by atoms with Crippen molar-refractivity contribution in [2.45, 2.75) is 50.7 Å². The van der Waals surface area contributed by atoms with Crippen LogP contribution < -0.4 is 5.73 Å². The molecule has 2 nitrogen and oxygen atoms in total. The van der Waals surface area contributed by atoms with Gasteiger partial charge in [-0.1, -0.05) is 0 Å². The first-order valence-corrected chi connectivity index (χ1v) is 6.98. The number of benzene rings is 1. The van der Waals surface area contributed by atoms with E-state index in [1.165, 1.54) is 38.2 Å². The van der Waals surface area contributed by atoms with Gasteiger partial charge in [0.1, 0.15) is 12.4 Å². The predicted molar refractivity (Wildman–Crippen MR) is 71.4 cm³/mol. The van der Waals surface area contributed by atoms with Gasteiger partial charge in [0.2, 0.25) is 0 Å². The third-order valence-corrected chi connectivity index (χ3v) is 5.19. The molecule has 98 valence electrons. The maximum Gasteiger partial charge on any atom is 0.123 e. The van der Waals surface area contributed by atoms with Crippen LogP contribution in [-0.2, 0) is 6.54 Å². The number of nitrogen functional groups attached to an aromatic ring is 1. The molecule has 2 bridgehead atoms. The van der Waals surface area contributed by atoms with E-state index in [4.69, 9.17) is 5.73 Å². The normalized spacial score (nSPS) is 34.8. The fourth-order valence-corrected chi connectivity index (χ4v) is 4.08. The molecule has 2 aliphatic rings. The van der Waals surface area contributed by atoms with Crippen molar-refractivity contribution in [1.29, 1.82) is 0 Å². The number of fused-ring (bicyclic) bond motifs is 2. The van der Waals surface area contributed by atoms with Gasteiger partial charge < -0.3 is 10.2 Å². The molecular formula is C15H22FN2+. The SMILES string of the molecule is C[N+]1(Cc2cc(F)ccc2N)C2CCCC1CC2. The van der Waals surface area contributed by atoms with Gasteiger partial charge >= 0.3 is 0 Å². The third kappa shape index (κ3) is 1.81. The lowest BCUT2D eigenvalue weighted by atomic mass is 9.98. The summed E-state index contributed by atoms with van der Waals surface area (Å²) in [6, 6.07) is 6.27. The first-order valence-electron chi connectivity index (χ1n) is 6.98. The minimum absolute atomic E-state index is 0.171. The number of rotatable bonds is 2. The Morgan fingerprint density at radius 2 is 1.89 bits per heavy atom. The Balaban J connectivity index is 1.89. The molecule has 1 aromatic rings. The van der Waals surface area contributed by atoms with Gasteiger partial charge in [-0.25, -0.2) is 4.39 Å². The number of hydrogen-bond donors (Lipinski definition) is 1. The molecule has 18 heavy (non-hydrogen) atoms. The molecule has 2 N–H and O–H groups in total. The van der Waals surface area contributed by atoms with E-state index < -0.39 is 0 Å². The van der Waals surface area contributed by atoms with Crippen molar-refractivity contribution in [3.05, 3.63) is 29.6 Å².